The van der Waals surface area contributed by atoms with Gasteiger partial charge in [-0.2, -0.15) is 10.1 Å². The number of anilines is 1. The van der Waals surface area contributed by atoms with Crippen LogP contribution in [-0.2, 0) is 13.6 Å². The van der Waals surface area contributed by atoms with Crippen molar-refractivity contribution in [3.63, 3.8) is 0 Å². The molecule has 10 heteroatoms. The van der Waals surface area contributed by atoms with Crippen molar-refractivity contribution >= 4 is 34.4 Å². The number of halogens is 1. The lowest BCUT2D eigenvalue weighted by Gasteiger charge is -2.16. The van der Waals surface area contributed by atoms with E-state index in [1.165, 1.54) is 4.57 Å². The zero-order valence-electron chi connectivity index (χ0n) is 12.5. The van der Waals surface area contributed by atoms with E-state index in [0.29, 0.717) is 28.7 Å². The van der Waals surface area contributed by atoms with Crippen LogP contribution in [0.15, 0.2) is 39.0 Å². The number of benzene rings is 1. The van der Waals surface area contributed by atoms with E-state index >= 15 is 0 Å². The van der Waals surface area contributed by atoms with Crippen LogP contribution in [0, 0.1) is 0 Å². The van der Waals surface area contributed by atoms with Gasteiger partial charge in [0.05, 0.1) is 12.3 Å². The first-order valence-corrected chi connectivity index (χ1v) is 7.20. The molecule has 0 fully saturated rings. The van der Waals surface area contributed by atoms with Gasteiger partial charge >= 0.3 is 5.69 Å². The second kappa shape index (κ2) is 5.62. The number of hydrogen-bond acceptors (Lipinski definition) is 5. The summed E-state index contributed by atoms with van der Waals surface area (Å²) in [5.74, 6) is 0.421. The fraction of sp³-hybridized carbons (Fsp3) is 0.143. The Bertz CT molecular complexity index is 1080. The summed E-state index contributed by atoms with van der Waals surface area (Å²) in [7, 11) is 1.56. The van der Waals surface area contributed by atoms with Crippen molar-refractivity contribution in [1.82, 2.24) is 19.1 Å². The Labute approximate surface area is 139 Å². The first-order valence-electron chi connectivity index (χ1n) is 6.82. The van der Waals surface area contributed by atoms with Crippen molar-refractivity contribution in [1.29, 1.82) is 0 Å². The normalized spacial score (nSPS) is 13.0. The molecule has 4 N–H and O–H groups in total. The third-order valence-corrected chi connectivity index (χ3v) is 4.04. The van der Waals surface area contributed by atoms with Crippen LogP contribution >= 0.6 is 11.6 Å². The molecule has 0 saturated carbocycles. The molecule has 1 aromatic carbocycles. The molecule has 2 aromatic heterocycles. The molecule has 3 aromatic rings. The van der Waals surface area contributed by atoms with Crippen LogP contribution in [0.1, 0.15) is 5.56 Å². The van der Waals surface area contributed by atoms with Crippen LogP contribution in [0.5, 0.6) is 0 Å². The lowest BCUT2D eigenvalue weighted by molar-refractivity contribution is 0.821. The van der Waals surface area contributed by atoms with Gasteiger partial charge < -0.3 is 5.48 Å². The minimum Gasteiger partial charge on any atom is -0.412 e. The Morgan fingerprint density at radius 3 is 2.62 bits per heavy atom. The van der Waals surface area contributed by atoms with Gasteiger partial charge in [0, 0.05) is 12.1 Å². The predicted molar refractivity (Wildman–Crippen MR) is 90.8 cm³/mol. The zero-order chi connectivity index (χ0) is 16.1. The lowest BCUT2D eigenvalue weighted by Crippen LogP contribution is -2.30. The van der Waals surface area contributed by atoms with Crippen LogP contribution < -0.4 is 16.7 Å². The van der Waals surface area contributed by atoms with E-state index in [1.54, 1.807) is 23.7 Å². The number of aryl methyl sites for hydroxylation is 1. The average molecular weight is 349 g/mol. The SMILES string of the molecule is Cn1c(=O)[nH]c(=O)c2c1nc1n2CC(c2ccc(Cl)cc2)=NN1.O. The molecule has 0 spiro atoms. The van der Waals surface area contributed by atoms with E-state index in [1.807, 2.05) is 12.1 Å². The van der Waals surface area contributed by atoms with E-state index in [9.17, 15) is 9.59 Å². The van der Waals surface area contributed by atoms with Crippen molar-refractivity contribution in [2.75, 3.05) is 5.43 Å². The van der Waals surface area contributed by atoms with Gasteiger partial charge in [-0.05, 0) is 17.7 Å². The highest BCUT2D eigenvalue weighted by atomic mass is 35.5. The highest BCUT2D eigenvalue weighted by Crippen LogP contribution is 2.21. The zero-order valence-corrected chi connectivity index (χ0v) is 13.3. The maximum atomic E-state index is 12.2. The quantitative estimate of drug-likeness (QED) is 0.645. The first kappa shape index (κ1) is 16.0. The molecule has 0 radical (unpaired) electrons. The van der Waals surface area contributed by atoms with Crippen molar-refractivity contribution in [2.24, 2.45) is 12.1 Å². The lowest BCUT2D eigenvalue weighted by atomic mass is 10.1. The maximum Gasteiger partial charge on any atom is 0.329 e. The largest absolute Gasteiger partial charge is 0.412 e. The van der Waals surface area contributed by atoms with E-state index in [0.717, 1.165) is 11.3 Å². The topological polar surface area (TPSA) is 129 Å². The summed E-state index contributed by atoms with van der Waals surface area (Å²) in [5, 5.41) is 4.93. The van der Waals surface area contributed by atoms with E-state index in [-0.39, 0.29) is 5.48 Å². The van der Waals surface area contributed by atoms with Crippen molar-refractivity contribution < 1.29 is 5.48 Å². The molecule has 24 heavy (non-hydrogen) atoms. The number of imidazole rings is 1. The third-order valence-electron chi connectivity index (χ3n) is 3.78. The number of rotatable bonds is 1. The summed E-state index contributed by atoms with van der Waals surface area (Å²) in [4.78, 5) is 30.4. The van der Waals surface area contributed by atoms with Gasteiger partial charge in [-0.15, -0.1) is 0 Å². The summed E-state index contributed by atoms with van der Waals surface area (Å²) >= 11 is 5.90. The van der Waals surface area contributed by atoms with Crippen LogP contribution in [-0.4, -0.2) is 30.3 Å². The number of nitrogens with zero attached hydrogens (tertiary/aromatic N) is 4. The Hall–Kier alpha value is -2.91. The summed E-state index contributed by atoms with van der Waals surface area (Å²) in [6, 6.07) is 7.26. The molecule has 0 aliphatic carbocycles. The number of nitrogens with one attached hydrogen (secondary N) is 2. The van der Waals surface area contributed by atoms with Gasteiger partial charge in [-0.25, -0.2) is 10.2 Å². The number of hydrogen-bond donors (Lipinski definition) is 2. The maximum absolute atomic E-state index is 12.2. The predicted octanol–water partition coefficient (Wildman–Crippen LogP) is 0.0818. The summed E-state index contributed by atoms with van der Waals surface area (Å²) in [5.41, 5.74) is 4.12. The van der Waals surface area contributed by atoms with Crippen LogP contribution in [0.3, 0.4) is 0 Å². The van der Waals surface area contributed by atoms with Crippen molar-refractivity contribution in [2.45, 2.75) is 6.54 Å². The van der Waals surface area contributed by atoms with Gasteiger partial charge in [0.25, 0.3) is 5.56 Å². The summed E-state index contributed by atoms with van der Waals surface area (Å²) in [6.45, 7) is 0.363. The van der Waals surface area contributed by atoms with Crippen molar-refractivity contribution in [3.8, 4) is 0 Å². The molecule has 124 valence electrons. The Morgan fingerprint density at radius 2 is 1.92 bits per heavy atom. The molecule has 1 aliphatic heterocycles. The fourth-order valence-corrected chi connectivity index (χ4v) is 2.70. The minimum absolute atomic E-state index is 0. The minimum atomic E-state index is -0.503. The molecule has 0 saturated heterocycles. The molecule has 0 amide bonds. The number of aromatic nitrogens is 4. The van der Waals surface area contributed by atoms with Crippen LogP contribution in [0.2, 0.25) is 5.02 Å². The molecule has 0 bridgehead atoms. The third kappa shape index (κ3) is 2.30. The monoisotopic (exact) mass is 348 g/mol. The molecular formula is C14H13ClN6O3. The molecule has 4 rings (SSSR count). The van der Waals surface area contributed by atoms with E-state index in [4.69, 9.17) is 11.6 Å². The Kier molecular flexibility index (Phi) is 3.74. The van der Waals surface area contributed by atoms with E-state index in [2.05, 4.69) is 20.5 Å². The molecule has 0 atom stereocenters. The summed E-state index contributed by atoms with van der Waals surface area (Å²) in [6.07, 6.45) is 0. The number of hydrazone groups is 1. The van der Waals surface area contributed by atoms with E-state index < -0.39 is 11.2 Å². The second-order valence-corrected chi connectivity index (χ2v) is 5.63. The van der Waals surface area contributed by atoms with Gasteiger partial charge in [-0.1, -0.05) is 23.7 Å². The molecule has 0 unspecified atom stereocenters. The van der Waals surface area contributed by atoms with Gasteiger partial charge in [0.2, 0.25) is 5.95 Å². The fourth-order valence-electron chi connectivity index (χ4n) is 2.57. The first-order chi connectivity index (χ1) is 11.0. The molecule has 9 nitrogen and oxygen atoms in total. The van der Waals surface area contributed by atoms with Gasteiger partial charge in [0.15, 0.2) is 11.2 Å². The smallest absolute Gasteiger partial charge is 0.329 e. The van der Waals surface area contributed by atoms with Gasteiger partial charge in [-0.3, -0.25) is 18.9 Å². The number of fused-ring (bicyclic) bond motifs is 3. The highest BCUT2D eigenvalue weighted by molar-refractivity contribution is 6.30. The van der Waals surface area contributed by atoms with Crippen molar-refractivity contribution in [3.05, 3.63) is 55.7 Å². The Morgan fingerprint density at radius 1 is 1.21 bits per heavy atom. The second-order valence-electron chi connectivity index (χ2n) is 5.19. The number of aromatic amines is 1. The highest BCUT2D eigenvalue weighted by Gasteiger charge is 2.21. The average Bonchev–Trinajstić information content (AvgIpc) is 2.92. The summed E-state index contributed by atoms with van der Waals surface area (Å²) < 4.78 is 3.00. The molecule has 3 heterocycles. The van der Waals surface area contributed by atoms with Crippen LogP contribution in [0.4, 0.5) is 5.95 Å². The molecule has 1 aliphatic rings. The van der Waals surface area contributed by atoms with Crippen LogP contribution in [0.25, 0.3) is 11.2 Å². The Balaban J connectivity index is 0.00000169. The van der Waals surface area contributed by atoms with Gasteiger partial charge in [0.1, 0.15) is 0 Å². The molecular weight excluding hydrogens is 336 g/mol. The standard InChI is InChI=1S/C14H11ClN6O2.H2O/c1-20-11-10(12(22)17-14(20)23)21-6-9(18-19-13(21)16-11)7-2-4-8(15)5-3-7;/h2-5H,6H2,1H3,(H,16,19)(H,17,22,23);1H2. The number of H-pyrrole nitrogens is 1.